The number of anilines is 1. The van der Waals surface area contributed by atoms with Crippen molar-refractivity contribution in [3.63, 3.8) is 0 Å². The predicted octanol–water partition coefficient (Wildman–Crippen LogP) is 2.60. The molecule has 0 fully saturated rings. The Kier molecular flexibility index (Phi) is 7.16. The fraction of sp³-hybridized carbons (Fsp3) is 0.368. The first-order valence-electron chi connectivity index (χ1n) is 8.76. The number of carbonyl (C=O) groups excluding carboxylic acids is 4. The van der Waals surface area contributed by atoms with Gasteiger partial charge in [-0.25, -0.2) is 9.59 Å². The molecule has 2 heterocycles. The van der Waals surface area contributed by atoms with E-state index in [0.717, 1.165) is 11.3 Å². The lowest BCUT2D eigenvalue weighted by Gasteiger charge is -2.07. The van der Waals surface area contributed by atoms with Gasteiger partial charge < -0.3 is 24.5 Å². The van der Waals surface area contributed by atoms with E-state index in [1.807, 2.05) is 0 Å². The number of hydrogen-bond donors (Lipinski definition) is 2. The number of aryl methyl sites for hydroxylation is 2. The number of nitrogens with one attached hydrogen (secondary N) is 2. The summed E-state index contributed by atoms with van der Waals surface area (Å²) in [5, 5.41) is 5.14. The van der Waals surface area contributed by atoms with Crippen molar-refractivity contribution < 1.29 is 33.1 Å². The molecule has 0 unspecified atom stereocenters. The van der Waals surface area contributed by atoms with E-state index >= 15 is 0 Å². The van der Waals surface area contributed by atoms with Crippen LogP contribution < -0.4 is 10.6 Å². The molecule has 0 aliphatic heterocycles. The first-order valence-corrected chi connectivity index (χ1v) is 9.57. The topological polar surface area (TPSA) is 124 Å². The number of rotatable bonds is 7. The van der Waals surface area contributed by atoms with Crippen LogP contribution in [0, 0.1) is 20.8 Å². The van der Waals surface area contributed by atoms with E-state index in [-0.39, 0.29) is 27.6 Å². The summed E-state index contributed by atoms with van der Waals surface area (Å²) in [5.74, 6) is -1.47. The maximum atomic E-state index is 12.3. The van der Waals surface area contributed by atoms with E-state index in [1.165, 1.54) is 13.1 Å². The summed E-state index contributed by atoms with van der Waals surface area (Å²) in [5.41, 5.74) is 0.720. The molecule has 2 aromatic heterocycles. The third kappa shape index (κ3) is 5.02. The summed E-state index contributed by atoms with van der Waals surface area (Å²) in [6.45, 7) is 6.11. The fourth-order valence-corrected chi connectivity index (χ4v) is 3.74. The summed E-state index contributed by atoms with van der Waals surface area (Å²) in [4.78, 5) is 49.0. The van der Waals surface area contributed by atoms with Crippen molar-refractivity contribution in [3.05, 3.63) is 39.2 Å². The third-order valence-electron chi connectivity index (χ3n) is 3.91. The number of furan rings is 1. The Bertz CT molecular complexity index is 958. The van der Waals surface area contributed by atoms with Crippen LogP contribution in [0.15, 0.2) is 10.5 Å². The van der Waals surface area contributed by atoms with Crippen LogP contribution in [-0.4, -0.2) is 44.0 Å². The van der Waals surface area contributed by atoms with E-state index in [1.54, 1.807) is 27.7 Å². The molecule has 10 heteroatoms. The monoisotopic (exact) mass is 422 g/mol. The number of esters is 2. The minimum Gasteiger partial charge on any atom is -0.466 e. The second-order valence-electron chi connectivity index (χ2n) is 6.01. The zero-order valence-corrected chi connectivity index (χ0v) is 17.6. The first-order chi connectivity index (χ1) is 13.7. The third-order valence-corrected chi connectivity index (χ3v) is 5.11. The van der Waals surface area contributed by atoms with Gasteiger partial charge in [0.25, 0.3) is 11.8 Å². The van der Waals surface area contributed by atoms with Crippen molar-refractivity contribution >= 4 is 40.1 Å². The molecule has 29 heavy (non-hydrogen) atoms. The normalized spacial score (nSPS) is 10.4. The van der Waals surface area contributed by atoms with Crippen LogP contribution in [-0.2, 0) is 14.3 Å². The Hall–Kier alpha value is -3.14. The molecule has 0 radical (unpaired) electrons. The van der Waals surface area contributed by atoms with Gasteiger partial charge in [-0.05, 0) is 39.3 Å². The average molecular weight is 422 g/mol. The summed E-state index contributed by atoms with van der Waals surface area (Å²) in [6.07, 6.45) is 0. The highest BCUT2D eigenvalue weighted by atomic mass is 32.1. The maximum Gasteiger partial charge on any atom is 0.342 e. The number of hydrogen-bond acceptors (Lipinski definition) is 8. The molecular formula is C19H22N2O7S. The summed E-state index contributed by atoms with van der Waals surface area (Å²) >= 11 is 0.937. The second kappa shape index (κ2) is 9.37. The molecule has 2 aromatic rings. The molecule has 0 aromatic carbocycles. The molecule has 2 rings (SSSR count). The van der Waals surface area contributed by atoms with Crippen molar-refractivity contribution in [2.24, 2.45) is 0 Å². The summed E-state index contributed by atoms with van der Waals surface area (Å²) in [7, 11) is 1.46. The average Bonchev–Trinajstić information content (AvgIpc) is 3.17. The molecule has 9 nitrogen and oxygen atoms in total. The molecule has 0 aliphatic carbocycles. The van der Waals surface area contributed by atoms with E-state index in [0.29, 0.717) is 17.1 Å². The van der Waals surface area contributed by atoms with Crippen LogP contribution >= 0.6 is 11.3 Å². The smallest absolute Gasteiger partial charge is 0.342 e. The molecular weight excluding hydrogens is 400 g/mol. The van der Waals surface area contributed by atoms with Gasteiger partial charge in [0.1, 0.15) is 22.1 Å². The van der Waals surface area contributed by atoms with E-state index in [4.69, 9.17) is 13.9 Å². The van der Waals surface area contributed by atoms with Crippen LogP contribution in [0.1, 0.15) is 54.4 Å². The highest BCUT2D eigenvalue weighted by molar-refractivity contribution is 7.18. The second-order valence-corrected chi connectivity index (χ2v) is 7.03. The van der Waals surface area contributed by atoms with Crippen molar-refractivity contribution in [1.82, 2.24) is 5.32 Å². The van der Waals surface area contributed by atoms with Gasteiger partial charge in [0, 0.05) is 7.05 Å². The number of amides is 2. The molecule has 0 aliphatic rings. The van der Waals surface area contributed by atoms with Gasteiger partial charge in [0.05, 0.1) is 17.0 Å². The number of thiophene rings is 1. The van der Waals surface area contributed by atoms with Crippen LogP contribution in [0.4, 0.5) is 5.00 Å². The quantitative estimate of drug-likeness (QED) is 0.657. The fourth-order valence-electron chi connectivity index (χ4n) is 2.59. The Morgan fingerprint density at radius 2 is 1.79 bits per heavy atom. The number of carbonyl (C=O) groups is 4. The Morgan fingerprint density at radius 3 is 2.34 bits per heavy atom. The Morgan fingerprint density at radius 1 is 1.10 bits per heavy atom. The predicted molar refractivity (Wildman–Crippen MR) is 105 cm³/mol. The molecule has 156 valence electrons. The lowest BCUT2D eigenvalue weighted by Crippen LogP contribution is -2.22. The molecule has 2 N–H and O–H groups in total. The van der Waals surface area contributed by atoms with Crippen molar-refractivity contribution in [2.45, 2.75) is 27.7 Å². The molecule has 0 bridgehead atoms. The molecule has 0 saturated carbocycles. The van der Waals surface area contributed by atoms with Gasteiger partial charge in [-0.1, -0.05) is 0 Å². The van der Waals surface area contributed by atoms with Crippen LogP contribution in [0.3, 0.4) is 0 Å². The minimum absolute atomic E-state index is 0.0939. The van der Waals surface area contributed by atoms with E-state index in [9.17, 15) is 19.2 Å². The highest BCUT2D eigenvalue weighted by Crippen LogP contribution is 2.33. The molecule has 2 amide bonds. The van der Waals surface area contributed by atoms with Crippen molar-refractivity contribution in [1.29, 1.82) is 0 Å². The minimum atomic E-state index is -0.700. The van der Waals surface area contributed by atoms with Crippen molar-refractivity contribution in [2.75, 3.05) is 25.6 Å². The summed E-state index contributed by atoms with van der Waals surface area (Å²) in [6, 6.07) is 1.52. The van der Waals surface area contributed by atoms with E-state index < -0.39 is 30.4 Å². The van der Waals surface area contributed by atoms with Crippen LogP contribution in [0.25, 0.3) is 0 Å². The zero-order chi connectivity index (χ0) is 21.7. The SMILES string of the molecule is CCOC(=O)c1c(NC(=O)COC(=O)c2cc(C)oc2C)sc(C(=O)NC)c1C. The van der Waals surface area contributed by atoms with Crippen LogP contribution in [0.2, 0.25) is 0 Å². The Labute approximate surface area is 171 Å². The first kappa shape index (κ1) is 22.2. The lowest BCUT2D eigenvalue weighted by atomic mass is 10.1. The lowest BCUT2D eigenvalue weighted by molar-refractivity contribution is -0.119. The molecule has 0 atom stereocenters. The van der Waals surface area contributed by atoms with Gasteiger partial charge in [0.15, 0.2) is 6.61 Å². The highest BCUT2D eigenvalue weighted by Gasteiger charge is 2.26. The molecule has 0 saturated heterocycles. The maximum absolute atomic E-state index is 12.3. The number of ether oxygens (including phenoxy) is 2. The Balaban J connectivity index is 2.16. The molecule has 0 spiro atoms. The standard InChI is InChI=1S/C19H22N2O7S/c1-6-26-19(25)14-10(3)15(16(23)20-5)29-17(14)21-13(22)8-27-18(24)12-7-9(2)28-11(12)4/h7H,6,8H2,1-5H3,(H,20,23)(H,21,22). The van der Waals surface area contributed by atoms with Gasteiger partial charge in [0.2, 0.25) is 0 Å². The van der Waals surface area contributed by atoms with E-state index in [2.05, 4.69) is 10.6 Å². The zero-order valence-electron chi connectivity index (χ0n) is 16.8. The van der Waals surface area contributed by atoms with Gasteiger partial charge >= 0.3 is 11.9 Å². The van der Waals surface area contributed by atoms with Gasteiger partial charge in [-0.15, -0.1) is 11.3 Å². The summed E-state index contributed by atoms with van der Waals surface area (Å²) < 4.78 is 15.3. The van der Waals surface area contributed by atoms with Crippen LogP contribution in [0.5, 0.6) is 0 Å². The van der Waals surface area contributed by atoms with Gasteiger partial charge in [-0.2, -0.15) is 0 Å². The largest absolute Gasteiger partial charge is 0.466 e. The van der Waals surface area contributed by atoms with Gasteiger partial charge in [-0.3, -0.25) is 9.59 Å². The van der Waals surface area contributed by atoms with Crippen molar-refractivity contribution in [3.8, 4) is 0 Å².